The number of nitrogens with one attached hydrogen (secondary N) is 2. The van der Waals surface area contributed by atoms with Gasteiger partial charge in [-0.05, 0) is 37.0 Å². The van der Waals surface area contributed by atoms with E-state index in [0.717, 1.165) is 0 Å². The van der Waals surface area contributed by atoms with Crippen molar-refractivity contribution in [1.29, 1.82) is 0 Å². The molecule has 1 saturated heterocycles. The molecule has 1 aliphatic heterocycles. The number of carbonyl (C=O) groups is 6. The fraction of sp³-hybridized carbons (Fsp3) is 0.478. The number of carboxylic acids is 2. The van der Waals surface area contributed by atoms with Crippen molar-refractivity contribution in [3.8, 4) is 5.75 Å². The molecular weight excluding hydrogens is 490 g/mol. The maximum absolute atomic E-state index is 13.3. The Morgan fingerprint density at radius 2 is 1.68 bits per heavy atom. The van der Waals surface area contributed by atoms with Crippen LogP contribution in [0, 0.1) is 0 Å². The summed E-state index contributed by atoms with van der Waals surface area (Å²) in [5, 5.41) is 32.8. The molecule has 1 heterocycles. The normalized spacial score (nSPS) is 17.3. The molecule has 2 rings (SSSR count). The maximum atomic E-state index is 13.3. The van der Waals surface area contributed by atoms with Gasteiger partial charge in [-0.15, -0.1) is 0 Å². The van der Waals surface area contributed by atoms with Crippen LogP contribution in [0.15, 0.2) is 24.3 Å². The Morgan fingerprint density at radius 1 is 1.03 bits per heavy atom. The number of aromatic hydroxyl groups is 1. The van der Waals surface area contributed by atoms with E-state index in [1.807, 2.05) is 0 Å². The molecule has 1 fully saturated rings. The second-order valence-corrected chi connectivity index (χ2v) is 8.73. The van der Waals surface area contributed by atoms with Crippen LogP contribution in [0.5, 0.6) is 5.75 Å². The van der Waals surface area contributed by atoms with Crippen LogP contribution in [-0.2, 0) is 35.2 Å². The number of nitrogens with two attached hydrogens (primary N) is 2. The molecule has 0 bridgehead atoms. The molecule has 4 amide bonds. The number of hydrogen-bond donors (Lipinski definition) is 7. The summed E-state index contributed by atoms with van der Waals surface area (Å²) in [7, 11) is 0. The molecule has 0 radical (unpaired) electrons. The first-order valence-corrected chi connectivity index (χ1v) is 11.6. The van der Waals surface area contributed by atoms with Gasteiger partial charge in [-0.2, -0.15) is 0 Å². The number of phenolic OH excluding ortho intramolecular Hbond substituents is 1. The van der Waals surface area contributed by atoms with Crippen LogP contribution < -0.4 is 22.1 Å². The molecular formula is C23H31N5O9. The fourth-order valence-corrected chi connectivity index (χ4v) is 3.95. The Balaban J connectivity index is 2.14. The van der Waals surface area contributed by atoms with Gasteiger partial charge < -0.3 is 42.3 Å². The minimum absolute atomic E-state index is 0.0000956. The van der Waals surface area contributed by atoms with Gasteiger partial charge in [0.05, 0.1) is 12.5 Å². The van der Waals surface area contributed by atoms with Crippen LogP contribution >= 0.6 is 0 Å². The van der Waals surface area contributed by atoms with Gasteiger partial charge in [-0.1, -0.05) is 12.1 Å². The number of hydrogen-bond acceptors (Lipinski definition) is 8. The van der Waals surface area contributed by atoms with Gasteiger partial charge >= 0.3 is 11.9 Å². The van der Waals surface area contributed by atoms with Crippen LogP contribution in [0.1, 0.15) is 37.7 Å². The van der Waals surface area contributed by atoms with E-state index in [9.17, 15) is 39.0 Å². The van der Waals surface area contributed by atoms with Crippen molar-refractivity contribution in [3.63, 3.8) is 0 Å². The molecule has 0 saturated carbocycles. The number of phenols is 1. The molecule has 37 heavy (non-hydrogen) atoms. The zero-order chi connectivity index (χ0) is 27.7. The Labute approximate surface area is 212 Å². The summed E-state index contributed by atoms with van der Waals surface area (Å²) in [5.74, 6) is -5.69. The Morgan fingerprint density at radius 3 is 2.24 bits per heavy atom. The van der Waals surface area contributed by atoms with Gasteiger partial charge in [0.2, 0.25) is 23.6 Å². The van der Waals surface area contributed by atoms with Crippen molar-refractivity contribution in [1.82, 2.24) is 15.5 Å². The van der Waals surface area contributed by atoms with Crippen LogP contribution in [0.2, 0.25) is 0 Å². The molecule has 14 nitrogen and oxygen atoms in total. The van der Waals surface area contributed by atoms with Gasteiger partial charge in [0.1, 0.15) is 23.9 Å². The Hall–Kier alpha value is -4.20. The standard InChI is InChI=1S/C23H31N5O9/c24-14(11-18(25)30)20(33)26-15(7-8-19(31)32)22(35)28-9-1-2-17(28)21(34)27-16(23(36)37)10-12-3-5-13(29)6-4-12/h3-6,14-17,29H,1-2,7-11,24H2,(H2,25,30)(H,26,33)(H,27,34)(H,31,32)(H,36,37). The third-order valence-electron chi connectivity index (χ3n) is 5.85. The van der Waals surface area contributed by atoms with Crippen molar-refractivity contribution in [3.05, 3.63) is 29.8 Å². The number of rotatable bonds is 13. The number of primary amides is 1. The summed E-state index contributed by atoms with van der Waals surface area (Å²) >= 11 is 0. The molecule has 14 heteroatoms. The third kappa shape index (κ3) is 8.75. The Bertz CT molecular complexity index is 1030. The van der Waals surface area contributed by atoms with Crippen LogP contribution in [0.25, 0.3) is 0 Å². The highest BCUT2D eigenvalue weighted by molar-refractivity contribution is 5.95. The lowest BCUT2D eigenvalue weighted by molar-refractivity contribution is -0.145. The first-order chi connectivity index (χ1) is 17.4. The smallest absolute Gasteiger partial charge is 0.326 e. The molecule has 1 aromatic rings. The lowest BCUT2D eigenvalue weighted by Gasteiger charge is -2.29. The second-order valence-electron chi connectivity index (χ2n) is 8.73. The molecule has 4 unspecified atom stereocenters. The van der Waals surface area contributed by atoms with E-state index < -0.39 is 72.6 Å². The zero-order valence-electron chi connectivity index (χ0n) is 20.0. The molecule has 0 aromatic heterocycles. The number of benzene rings is 1. The SMILES string of the molecule is NC(=O)CC(N)C(=O)NC(CCC(=O)O)C(=O)N1CCCC1C(=O)NC(Cc1ccc(O)cc1)C(=O)O. The molecule has 202 valence electrons. The number of carbonyl (C=O) groups excluding carboxylic acids is 4. The van der Waals surface area contributed by atoms with Crippen molar-refractivity contribution in [2.24, 2.45) is 11.5 Å². The number of aliphatic carboxylic acids is 2. The number of nitrogens with zero attached hydrogens (tertiary/aromatic N) is 1. The average Bonchev–Trinajstić information content (AvgIpc) is 3.31. The van der Waals surface area contributed by atoms with E-state index in [1.165, 1.54) is 29.2 Å². The molecule has 9 N–H and O–H groups in total. The highest BCUT2D eigenvalue weighted by Crippen LogP contribution is 2.20. The molecule has 1 aliphatic rings. The lowest BCUT2D eigenvalue weighted by Crippen LogP contribution is -2.57. The number of likely N-dealkylation sites (tertiary alicyclic amines) is 1. The van der Waals surface area contributed by atoms with Gasteiger partial charge in [0.25, 0.3) is 0 Å². The first kappa shape index (κ1) is 29.0. The summed E-state index contributed by atoms with van der Waals surface area (Å²) in [4.78, 5) is 73.7. The van der Waals surface area contributed by atoms with Gasteiger partial charge in [-0.25, -0.2) is 4.79 Å². The highest BCUT2D eigenvalue weighted by atomic mass is 16.4. The lowest BCUT2D eigenvalue weighted by atomic mass is 10.0. The van der Waals surface area contributed by atoms with E-state index in [0.29, 0.717) is 12.0 Å². The molecule has 1 aromatic carbocycles. The fourth-order valence-electron chi connectivity index (χ4n) is 3.95. The van der Waals surface area contributed by atoms with Crippen molar-refractivity contribution >= 4 is 35.6 Å². The summed E-state index contributed by atoms with van der Waals surface area (Å²) in [6.07, 6.45) is -0.688. The highest BCUT2D eigenvalue weighted by Gasteiger charge is 2.39. The van der Waals surface area contributed by atoms with Crippen LogP contribution in [-0.4, -0.2) is 86.5 Å². The minimum atomic E-state index is -1.36. The van der Waals surface area contributed by atoms with E-state index in [1.54, 1.807) is 0 Å². The second kappa shape index (κ2) is 13.2. The molecule has 0 aliphatic carbocycles. The molecule has 4 atom stereocenters. The van der Waals surface area contributed by atoms with Gasteiger partial charge in [0, 0.05) is 19.4 Å². The van der Waals surface area contributed by atoms with Crippen molar-refractivity contribution < 1.29 is 44.1 Å². The number of carboxylic acid groups (broad SMARTS) is 2. The first-order valence-electron chi connectivity index (χ1n) is 11.6. The van der Waals surface area contributed by atoms with E-state index in [4.69, 9.17) is 16.6 Å². The van der Waals surface area contributed by atoms with Gasteiger partial charge in [0.15, 0.2) is 0 Å². The largest absolute Gasteiger partial charge is 0.508 e. The van der Waals surface area contributed by atoms with Crippen molar-refractivity contribution in [2.45, 2.75) is 62.7 Å². The van der Waals surface area contributed by atoms with E-state index >= 15 is 0 Å². The van der Waals surface area contributed by atoms with E-state index in [-0.39, 0.29) is 31.6 Å². The van der Waals surface area contributed by atoms with Crippen LogP contribution in [0.4, 0.5) is 0 Å². The van der Waals surface area contributed by atoms with Crippen molar-refractivity contribution in [2.75, 3.05) is 6.54 Å². The third-order valence-corrected chi connectivity index (χ3v) is 5.85. The molecule has 0 spiro atoms. The predicted octanol–water partition coefficient (Wildman–Crippen LogP) is -1.95. The summed E-state index contributed by atoms with van der Waals surface area (Å²) < 4.78 is 0. The monoisotopic (exact) mass is 521 g/mol. The van der Waals surface area contributed by atoms with E-state index in [2.05, 4.69) is 10.6 Å². The van der Waals surface area contributed by atoms with Crippen LogP contribution in [0.3, 0.4) is 0 Å². The summed E-state index contributed by atoms with van der Waals surface area (Å²) in [6.45, 7) is 0.124. The number of amides is 4. The maximum Gasteiger partial charge on any atom is 0.326 e. The van der Waals surface area contributed by atoms with Gasteiger partial charge in [-0.3, -0.25) is 24.0 Å². The quantitative estimate of drug-likeness (QED) is 0.151. The summed E-state index contributed by atoms with van der Waals surface area (Å²) in [5.41, 5.74) is 11.2. The predicted molar refractivity (Wildman–Crippen MR) is 127 cm³/mol. The minimum Gasteiger partial charge on any atom is -0.508 e. The topological polar surface area (TPSA) is 242 Å². The summed E-state index contributed by atoms with van der Waals surface area (Å²) in [6, 6.07) is 0.738. The average molecular weight is 522 g/mol. The Kier molecular flexibility index (Phi) is 10.4. The zero-order valence-corrected chi connectivity index (χ0v) is 20.0.